The molecule has 1 atom stereocenters. The van der Waals surface area contributed by atoms with Gasteiger partial charge in [0.15, 0.2) is 0 Å². The molecule has 0 unspecified atom stereocenters. The zero-order chi connectivity index (χ0) is 17.5. The molecule has 1 N–H and O–H groups in total. The Balaban J connectivity index is 1.48. The summed E-state index contributed by atoms with van der Waals surface area (Å²) in [5, 5.41) is 0. The van der Waals surface area contributed by atoms with Gasteiger partial charge in [-0.05, 0) is 50.7 Å². The van der Waals surface area contributed by atoms with E-state index < -0.39 is 0 Å². The number of anilines is 1. The normalized spacial score (nSPS) is 19.1. The number of aromatic nitrogens is 4. The quantitative estimate of drug-likeness (QED) is 0.779. The molecule has 3 aromatic rings. The van der Waals surface area contributed by atoms with Crippen molar-refractivity contribution >= 4 is 5.82 Å². The Morgan fingerprint density at radius 2 is 2.08 bits per heavy atom. The average Bonchev–Trinajstić information content (AvgIpc) is 3.40. The first-order valence-corrected chi connectivity index (χ1v) is 9.51. The van der Waals surface area contributed by atoms with Gasteiger partial charge in [-0.1, -0.05) is 23.8 Å². The maximum absolute atomic E-state index is 4.73. The molecule has 0 saturated carbocycles. The van der Waals surface area contributed by atoms with Gasteiger partial charge in [-0.3, -0.25) is 0 Å². The number of hydrogen-bond acceptors (Lipinski definition) is 4. The van der Waals surface area contributed by atoms with Gasteiger partial charge in [0.05, 0.1) is 17.9 Å². The minimum atomic E-state index is 0.271. The summed E-state index contributed by atoms with van der Waals surface area (Å²) in [5.74, 6) is 2.17. The van der Waals surface area contributed by atoms with Crippen LogP contribution in [0.15, 0.2) is 36.8 Å². The Labute approximate surface area is 153 Å². The van der Waals surface area contributed by atoms with Crippen molar-refractivity contribution < 1.29 is 0 Å². The molecule has 5 heteroatoms. The van der Waals surface area contributed by atoms with Crippen LogP contribution < -0.4 is 4.90 Å². The monoisotopic (exact) mass is 345 g/mol. The lowest BCUT2D eigenvalue weighted by molar-refractivity contribution is 0.667. The predicted octanol–water partition coefficient (Wildman–Crippen LogP) is 4.01. The maximum atomic E-state index is 4.73. The lowest BCUT2D eigenvalue weighted by atomic mass is 10.1. The fourth-order valence-corrected chi connectivity index (χ4v) is 4.36. The van der Waals surface area contributed by atoms with E-state index in [4.69, 9.17) is 4.98 Å². The molecule has 132 valence electrons. The smallest absolute Gasteiger partial charge is 0.136 e. The van der Waals surface area contributed by atoms with Gasteiger partial charge in [-0.2, -0.15) is 0 Å². The molecule has 1 aliphatic heterocycles. The summed E-state index contributed by atoms with van der Waals surface area (Å²) < 4.78 is 0. The van der Waals surface area contributed by atoms with Crippen LogP contribution in [0.2, 0.25) is 0 Å². The molecular weight excluding hydrogens is 322 g/mol. The summed E-state index contributed by atoms with van der Waals surface area (Å²) in [6.07, 6.45) is 9.35. The van der Waals surface area contributed by atoms with Crippen molar-refractivity contribution in [2.75, 3.05) is 11.4 Å². The zero-order valence-corrected chi connectivity index (χ0v) is 15.1. The van der Waals surface area contributed by atoms with Crippen molar-refractivity contribution in [3.63, 3.8) is 0 Å². The highest BCUT2D eigenvalue weighted by atomic mass is 15.3. The van der Waals surface area contributed by atoms with Crippen molar-refractivity contribution in [3.05, 3.63) is 59.4 Å². The third kappa shape index (κ3) is 2.59. The number of benzene rings is 1. The van der Waals surface area contributed by atoms with Crippen LogP contribution in [0.5, 0.6) is 0 Å². The van der Waals surface area contributed by atoms with Gasteiger partial charge < -0.3 is 9.88 Å². The minimum absolute atomic E-state index is 0.271. The number of imidazole rings is 1. The Morgan fingerprint density at radius 3 is 3.00 bits per heavy atom. The summed E-state index contributed by atoms with van der Waals surface area (Å²) in [4.78, 5) is 19.9. The van der Waals surface area contributed by atoms with E-state index in [1.54, 1.807) is 6.33 Å². The number of rotatable bonds is 3. The topological polar surface area (TPSA) is 57.7 Å². The number of aryl methyl sites for hydroxylation is 2. The van der Waals surface area contributed by atoms with Crippen LogP contribution in [-0.4, -0.2) is 26.5 Å². The van der Waals surface area contributed by atoms with Crippen molar-refractivity contribution in [1.82, 2.24) is 19.9 Å². The van der Waals surface area contributed by atoms with E-state index in [0.717, 1.165) is 43.1 Å². The van der Waals surface area contributed by atoms with E-state index >= 15 is 0 Å². The second kappa shape index (κ2) is 6.24. The molecule has 5 nitrogen and oxygen atoms in total. The van der Waals surface area contributed by atoms with Crippen molar-refractivity contribution in [2.45, 2.75) is 45.1 Å². The first-order valence-electron chi connectivity index (χ1n) is 9.51. The second-order valence-corrected chi connectivity index (χ2v) is 7.38. The number of H-pyrrole nitrogens is 1. The summed E-state index contributed by atoms with van der Waals surface area (Å²) in [6, 6.07) is 8.81. The zero-order valence-electron chi connectivity index (χ0n) is 15.1. The van der Waals surface area contributed by atoms with Crippen LogP contribution in [-0.2, 0) is 12.8 Å². The molecule has 0 spiro atoms. The average molecular weight is 345 g/mol. The van der Waals surface area contributed by atoms with E-state index in [0.29, 0.717) is 0 Å². The maximum Gasteiger partial charge on any atom is 0.136 e. The fourth-order valence-electron chi connectivity index (χ4n) is 4.36. The lowest BCUT2D eigenvalue weighted by Crippen LogP contribution is -2.25. The highest BCUT2D eigenvalue weighted by molar-refractivity contribution is 5.60. The molecule has 5 rings (SSSR count). The van der Waals surface area contributed by atoms with E-state index in [-0.39, 0.29) is 6.04 Å². The van der Waals surface area contributed by atoms with E-state index in [1.807, 2.05) is 6.20 Å². The summed E-state index contributed by atoms with van der Waals surface area (Å²) in [6.45, 7) is 3.16. The molecule has 1 fully saturated rings. The summed E-state index contributed by atoms with van der Waals surface area (Å²) in [7, 11) is 0. The predicted molar refractivity (Wildman–Crippen MR) is 102 cm³/mol. The Kier molecular flexibility index (Phi) is 3.73. The summed E-state index contributed by atoms with van der Waals surface area (Å²) in [5.41, 5.74) is 6.13. The molecule has 0 radical (unpaired) electrons. The molecule has 2 aromatic heterocycles. The van der Waals surface area contributed by atoms with Crippen LogP contribution in [0.4, 0.5) is 5.82 Å². The molecule has 0 bridgehead atoms. The third-order valence-corrected chi connectivity index (χ3v) is 5.62. The second-order valence-electron chi connectivity index (χ2n) is 7.38. The molecule has 1 aliphatic carbocycles. The Bertz CT molecular complexity index is 945. The molecule has 2 aliphatic rings. The third-order valence-electron chi connectivity index (χ3n) is 5.62. The van der Waals surface area contributed by atoms with Crippen LogP contribution in [0.1, 0.15) is 47.9 Å². The minimum Gasteiger partial charge on any atom is -0.346 e. The lowest BCUT2D eigenvalue weighted by Gasteiger charge is -2.26. The van der Waals surface area contributed by atoms with Crippen molar-refractivity contribution in [1.29, 1.82) is 0 Å². The summed E-state index contributed by atoms with van der Waals surface area (Å²) >= 11 is 0. The van der Waals surface area contributed by atoms with Crippen LogP contribution in [0.3, 0.4) is 0 Å². The SMILES string of the molecule is Cc1cccc(-c2cnc([C@H]3CCCN3c3ncnc4c3CCC4)[nH]2)c1. The van der Waals surface area contributed by atoms with Gasteiger partial charge in [-0.25, -0.2) is 15.0 Å². The first-order chi connectivity index (χ1) is 12.8. The van der Waals surface area contributed by atoms with Gasteiger partial charge in [0, 0.05) is 17.8 Å². The highest BCUT2D eigenvalue weighted by Crippen LogP contribution is 2.38. The molecular formula is C21H23N5. The number of fused-ring (bicyclic) bond motifs is 1. The Morgan fingerprint density at radius 1 is 1.12 bits per heavy atom. The largest absolute Gasteiger partial charge is 0.346 e. The number of nitrogens with one attached hydrogen (secondary N) is 1. The van der Waals surface area contributed by atoms with Crippen LogP contribution in [0, 0.1) is 6.92 Å². The van der Waals surface area contributed by atoms with Gasteiger partial charge in [0.1, 0.15) is 18.0 Å². The van der Waals surface area contributed by atoms with Crippen molar-refractivity contribution in [3.8, 4) is 11.3 Å². The molecule has 1 saturated heterocycles. The van der Waals surface area contributed by atoms with Gasteiger partial charge >= 0.3 is 0 Å². The Hall–Kier alpha value is -2.69. The van der Waals surface area contributed by atoms with Crippen LogP contribution in [0.25, 0.3) is 11.3 Å². The van der Waals surface area contributed by atoms with Crippen LogP contribution >= 0.6 is 0 Å². The van der Waals surface area contributed by atoms with E-state index in [2.05, 4.69) is 51.0 Å². The van der Waals surface area contributed by atoms with Gasteiger partial charge in [-0.15, -0.1) is 0 Å². The number of hydrogen-bond donors (Lipinski definition) is 1. The molecule has 1 aromatic carbocycles. The fraction of sp³-hybridized carbons (Fsp3) is 0.381. The van der Waals surface area contributed by atoms with Gasteiger partial charge in [0.2, 0.25) is 0 Å². The molecule has 26 heavy (non-hydrogen) atoms. The van der Waals surface area contributed by atoms with Crippen molar-refractivity contribution in [2.24, 2.45) is 0 Å². The molecule has 0 amide bonds. The van der Waals surface area contributed by atoms with E-state index in [1.165, 1.54) is 35.2 Å². The number of aromatic amines is 1. The van der Waals surface area contributed by atoms with E-state index in [9.17, 15) is 0 Å². The van der Waals surface area contributed by atoms with Gasteiger partial charge in [0.25, 0.3) is 0 Å². The standard InChI is InChI=1S/C21H23N5/c1-14-5-2-6-15(11-14)18-12-22-20(25-18)19-9-4-10-26(19)21-16-7-3-8-17(16)23-13-24-21/h2,5-6,11-13,19H,3-4,7-10H2,1H3,(H,22,25)/t19-/m1/s1. The first kappa shape index (κ1) is 15.6. The number of nitrogens with zero attached hydrogens (tertiary/aromatic N) is 4. The highest BCUT2D eigenvalue weighted by Gasteiger charge is 2.32. The molecule has 3 heterocycles.